The number of carbonyl (C=O) groups is 4. The van der Waals surface area contributed by atoms with Crippen molar-refractivity contribution in [3.63, 3.8) is 0 Å². The van der Waals surface area contributed by atoms with E-state index in [0.717, 1.165) is 97.2 Å². The molecule has 12 rings (SSSR count). The number of hydrogen-bond donors (Lipinski definition) is 6. The number of rotatable bonds is 19. The number of benzene rings is 6. The van der Waals surface area contributed by atoms with Gasteiger partial charge in [0, 0.05) is 44.0 Å². The van der Waals surface area contributed by atoms with Gasteiger partial charge in [0.15, 0.2) is 34.5 Å². The van der Waals surface area contributed by atoms with E-state index in [9.17, 15) is 39.6 Å². The molecule has 6 aromatic rings. The molecule has 25 nitrogen and oxygen atoms in total. The molecule has 0 aromatic heterocycles. The van der Waals surface area contributed by atoms with Crippen LogP contribution >= 0.6 is 15.9 Å². The molecule has 0 aliphatic carbocycles. The van der Waals surface area contributed by atoms with Crippen molar-refractivity contribution >= 4 is 46.9 Å². The maximum atomic E-state index is 12.0. The Balaban J connectivity index is 0.000000245. The summed E-state index contributed by atoms with van der Waals surface area (Å²) < 4.78 is 76.4. The van der Waals surface area contributed by atoms with E-state index in [2.05, 4.69) is 60.1 Å². The number of aliphatic hydroxyl groups excluding tert-OH is 4. The molecule has 590 valence electrons. The third-order valence-electron chi connectivity index (χ3n) is 19.6. The molecule has 3 saturated heterocycles. The minimum absolute atomic E-state index is 0. The van der Waals surface area contributed by atoms with E-state index in [1.165, 1.54) is 44.4 Å². The first-order chi connectivity index (χ1) is 50.8. The Kier molecular flexibility index (Phi) is 35.7. The van der Waals surface area contributed by atoms with E-state index in [-0.39, 0.29) is 65.8 Å². The van der Waals surface area contributed by atoms with Crippen LogP contribution in [0.2, 0.25) is 6.32 Å². The van der Waals surface area contributed by atoms with Crippen LogP contribution in [0.5, 0.6) is 34.5 Å². The summed E-state index contributed by atoms with van der Waals surface area (Å²) >= 11 is 3.68. The quantitative estimate of drug-likeness (QED) is 0.0278. The Bertz CT molecular complexity index is 3940. The standard InChI is InChI=1S/C29H36O7.C27H31BrO7.C23H28O7.C2H7BO2.Li.2H2O/c1-6-21-9-10-22(16-23(21)14-20-8-11-25-26(15-20)33-13-12-32-25)29-28(35-19(5)31)17(3)27(34-18(4)30)24(7-2)36-29;1-5-22-25(33-16(3)29)15(2)26(34-17(4)30)27(35-22)19-7-8-21(28)20(14-19)12-18-6-9-23-24(13-18)32-11-10-31-23;1-2-14-4-5-15(23-22(27)21(26)20(25)19(12-24)30-23)11-16(14)9-13-3-6-17-18(10-13)29-8-7-28-17;1-2-3(4)5;;;/h8-11,15-17,24,27-29H,6-7,12-14H2,1-5H3;6-9,13-15,22,25-27H,5,10-12H2,1-4H3;3-6,10-11,19-27H,2,7-9,12H2,1H3;4-5H,2H2,1H3;;2*1H2/q;;;;+1;;/p-1/t17-,24+,27-,28+,29-;15-,22+,25-,26+,27-;19-,20-,21+,22-,23+;;;;/m001..../s1. The summed E-state index contributed by atoms with van der Waals surface area (Å²) in [5, 5.41) is 55.9. The molecule has 0 amide bonds. The summed E-state index contributed by atoms with van der Waals surface area (Å²) in [7, 11) is -1.12. The summed E-state index contributed by atoms with van der Waals surface area (Å²) in [5.41, 5.74) is 11.5. The molecule has 28 heteroatoms. The monoisotopic (exact) mass is 1570 g/mol. The number of aliphatic hydroxyl groups is 4. The molecule has 0 unspecified atom stereocenters. The van der Waals surface area contributed by atoms with E-state index in [4.69, 9.17) is 71.6 Å². The van der Waals surface area contributed by atoms with Crippen molar-refractivity contribution in [3.8, 4) is 34.5 Å². The molecule has 0 radical (unpaired) electrons. The van der Waals surface area contributed by atoms with Crippen LogP contribution in [0.4, 0.5) is 0 Å². The molecule has 6 aliphatic heterocycles. The molecule has 0 saturated carbocycles. The second-order valence-corrected chi connectivity index (χ2v) is 28.1. The van der Waals surface area contributed by atoms with Crippen LogP contribution < -0.4 is 47.3 Å². The van der Waals surface area contributed by atoms with E-state index >= 15 is 0 Å². The van der Waals surface area contributed by atoms with Gasteiger partial charge in [0.25, 0.3) is 0 Å². The van der Waals surface area contributed by atoms with Crippen molar-refractivity contribution in [2.24, 2.45) is 11.8 Å². The predicted octanol–water partition coefficient (Wildman–Crippen LogP) is 6.73. The molecule has 6 aromatic carbocycles. The molecule has 6 aliphatic rings. The Labute approximate surface area is 658 Å². The molecular weight excluding hydrogens is 1470 g/mol. The number of hydrogen-bond acceptors (Lipinski definition) is 24. The van der Waals surface area contributed by atoms with Gasteiger partial charge >= 0.3 is 49.9 Å². The van der Waals surface area contributed by atoms with Crippen LogP contribution in [0.1, 0.15) is 169 Å². The Morgan fingerprint density at radius 2 is 0.752 bits per heavy atom. The first kappa shape index (κ1) is 90.6. The van der Waals surface area contributed by atoms with Crippen molar-refractivity contribution in [1.82, 2.24) is 0 Å². The smallest absolute Gasteiger partial charge is 0.870 e. The van der Waals surface area contributed by atoms with Crippen LogP contribution in [-0.2, 0) is 84.4 Å². The molecular formula is C81H105BBrLiO25. The van der Waals surface area contributed by atoms with Crippen molar-refractivity contribution in [3.05, 3.63) is 175 Å². The zero-order valence-electron chi connectivity index (χ0n) is 64.2. The maximum absolute atomic E-state index is 12.0. The van der Waals surface area contributed by atoms with Crippen LogP contribution in [0.25, 0.3) is 0 Å². The van der Waals surface area contributed by atoms with Gasteiger partial charge in [-0.1, -0.05) is 131 Å². The van der Waals surface area contributed by atoms with Crippen molar-refractivity contribution in [2.45, 2.75) is 207 Å². The molecule has 109 heavy (non-hydrogen) atoms. The number of esters is 4. The molecule has 0 bridgehead atoms. The molecule has 15 atom stereocenters. The minimum Gasteiger partial charge on any atom is -0.870 e. The summed E-state index contributed by atoms with van der Waals surface area (Å²) in [4.78, 5) is 47.5. The topological polar surface area (TPSA) is 371 Å². The zero-order valence-corrected chi connectivity index (χ0v) is 65.8. The van der Waals surface area contributed by atoms with Gasteiger partial charge in [-0.05, 0) is 155 Å². The van der Waals surface area contributed by atoms with Crippen LogP contribution in [0.3, 0.4) is 0 Å². The van der Waals surface area contributed by atoms with E-state index < -0.39 is 92.8 Å². The summed E-state index contributed by atoms with van der Waals surface area (Å²) in [6, 6.07) is 36.1. The average molecular weight is 1580 g/mol. The van der Waals surface area contributed by atoms with Gasteiger partial charge in [-0.3, -0.25) is 19.2 Å². The molecule has 0 spiro atoms. The van der Waals surface area contributed by atoms with E-state index in [1.807, 2.05) is 107 Å². The average Bonchev–Trinajstić information content (AvgIpc) is 0.784. The third kappa shape index (κ3) is 23.6. The zero-order chi connectivity index (χ0) is 76.5. The number of fused-ring (bicyclic) bond motifs is 3. The fourth-order valence-electron chi connectivity index (χ4n) is 14.2. The molecule has 6 heterocycles. The Hall–Kier alpha value is -7.30. The molecule has 9 N–H and O–H groups in total. The number of halogens is 1. The third-order valence-corrected chi connectivity index (χ3v) is 20.4. The fraction of sp³-hybridized carbons (Fsp3) is 0.506. The normalized spacial score (nSPS) is 24.7. The SMILES string of the molecule is CCB(O)O.CC[C@H]1O[C@@H](c2ccc(Br)c(Cc3ccc4c(c3)OCCO4)c2)[C@H](OC(C)=O)[C@@H](C)[C@@H]1OC(C)=O.CCc1ccc([C@@H]2O[C@H](CC)[C@@H](OC(C)=O)[C@H](C)[C@H]2OC(C)=O)cc1Cc1ccc2c(c1)OCCO2.CCc1ccc([C@@H]2O[C@H](CO)[C@@H](O)[C@H](O)[C@H]2O)cc1Cc1ccc2c(c1)OCCO2.O.[Li+].[OH-]. The Morgan fingerprint density at radius 1 is 0.431 bits per heavy atom. The van der Waals surface area contributed by atoms with E-state index in [0.29, 0.717) is 77.2 Å². The number of ether oxygens (including phenoxy) is 13. The fourth-order valence-corrected chi connectivity index (χ4v) is 14.5. The van der Waals surface area contributed by atoms with Gasteiger partial charge in [0.05, 0.1) is 18.8 Å². The number of aryl methyl sites for hydroxylation is 2. The van der Waals surface area contributed by atoms with Gasteiger partial charge < -0.3 is 103 Å². The van der Waals surface area contributed by atoms with Gasteiger partial charge in [-0.25, -0.2) is 0 Å². The first-order valence-electron chi connectivity index (χ1n) is 36.7. The largest absolute Gasteiger partial charge is 1.00 e. The van der Waals surface area contributed by atoms with Gasteiger partial charge in [0.1, 0.15) is 107 Å². The van der Waals surface area contributed by atoms with Crippen LogP contribution in [-0.4, -0.2) is 180 Å². The second kappa shape index (κ2) is 42.9. The predicted molar refractivity (Wildman–Crippen MR) is 402 cm³/mol. The van der Waals surface area contributed by atoms with Crippen molar-refractivity contribution < 1.29 is 141 Å². The first-order valence-corrected chi connectivity index (χ1v) is 37.5. The van der Waals surface area contributed by atoms with Gasteiger partial charge in [-0.2, -0.15) is 0 Å². The van der Waals surface area contributed by atoms with Crippen molar-refractivity contribution in [1.29, 1.82) is 0 Å². The number of carbonyl (C=O) groups excluding carboxylic acids is 4. The summed E-state index contributed by atoms with van der Waals surface area (Å²) in [6.07, 6.45) is -4.02. The maximum Gasteiger partial charge on any atom is 1.00 e. The van der Waals surface area contributed by atoms with Crippen molar-refractivity contribution in [2.75, 3.05) is 46.2 Å². The van der Waals surface area contributed by atoms with Gasteiger partial charge in [-0.15, -0.1) is 0 Å². The van der Waals surface area contributed by atoms with Gasteiger partial charge in [0.2, 0.25) is 0 Å². The molecule has 3 fully saturated rings. The van der Waals surface area contributed by atoms with Crippen LogP contribution in [0, 0.1) is 11.8 Å². The Morgan fingerprint density at radius 3 is 1.09 bits per heavy atom. The second-order valence-electron chi connectivity index (χ2n) is 27.2. The summed E-state index contributed by atoms with van der Waals surface area (Å²) in [6.45, 7) is 22.2. The van der Waals surface area contributed by atoms with Crippen LogP contribution in [0.15, 0.2) is 114 Å². The summed E-state index contributed by atoms with van der Waals surface area (Å²) in [5.74, 6) is 2.53. The van der Waals surface area contributed by atoms with E-state index in [1.54, 1.807) is 6.92 Å². The minimum atomic E-state index is -1.40.